The van der Waals surface area contributed by atoms with Crippen molar-refractivity contribution in [3.05, 3.63) is 30.1 Å². The van der Waals surface area contributed by atoms with E-state index in [0.29, 0.717) is 6.04 Å². The molecule has 1 aliphatic heterocycles. The van der Waals surface area contributed by atoms with E-state index < -0.39 is 0 Å². The van der Waals surface area contributed by atoms with Crippen LogP contribution in [-0.4, -0.2) is 18.5 Å². The smallest absolute Gasteiger partial charge is 0.173 e. The number of aryl methyl sites for hydroxylation is 1. The second-order valence-corrected chi connectivity index (χ2v) is 6.43. The molecule has 0 spiro atoms. The lowest BCUT2D eigenvalue weighted by Gasteiger charge is -2.18. The zero-order chi connectivity index (χ0) is 15.6. The fourth-order valence-electron chi connectivity index (χ4n) is 3.21. The lowest BCUT2D eigenvalue weighted by atomic mass is 10.1. The molecule has 0 N–H and O–H groups in total. The Bertz CT molecular complexity index is 498. The fraction of sp³-hybridized carbons (Fsp3) is 0.650. The third kappa shape index (κ3) is 5.46. The van der Waals surface area contributed by atoms with Gasteiger partial charge in [-0.2, -0.15) is 0 Å². The summed E-state index contributed by atoms with van der Waals surface area (Å²) >= 11 is 0. The molecule has 1 aromatic rings. The molecule has 120 valence electrons. The molecule has 2 heterocycles. The minimum atomic E-state index is 0.608. The van der Waals surface area contributed by atoms with Crippen LogP contribution in [0, 0.1) is 11.8 Å². The van der Waals surface area contributed by atoms with Crippen molar-refractivity contribution in [3.63, 3.8) is 0 Å². The molecule has 2 heteroatoms. The zero-order valence-corrected chi connectivity index (χ0v) is 14.4. The highest BCUT2D eigenvalue weighted by molar-refractivity contribution is 5.12. The van der Waals surface area contributed by atoms with E-state index in [1.807, 2.05) is 0 Å². The van der Waals surface area contributed by atoms with E-state index in [2.05, 4.69) is 59.8 Å². The van der Waals surface area contributed by atoms with E-state index in [0.717, 1.165) is 19.4 Å². The first-order valence-electron chi connectivity index (χ1n) is 8.96. The average Bonchev–Trinajstić information content (AvgIpc) is 2.96. The largest absolute Gasteiger partial charge is 0.299 e. The van der Waals surface area contributed by atoms with Gasteiger partial charge in [-0.1, -0.05) is 32.1 Å². The molecule has 1 aromatic heterocycles. The van der Waals surface area contributed by atoms with Crippen LogP contribution in [0.5, 0.6) is 0 Å². The van der Waals surface area contributed by atoms with Gasteiger partial charge < -0.3 is 0 Å². The van der Waals surface area contributed by atoms with Gasteiger partial charge in [0, 0.05) is 24.1 Å². The number of rotatable bonds is 7. The van der Waals surface area contributed by atoms with E-state index in [1.54, 1.807) is 0 Å². The Morgan fingerprint density at radius 1 is 1.23 bits per heavy atom. The first-order chi connectivity index (χ1) is 10.8. The first kappa shape index (κ1) is 17.0. The highest BCUT2D eigenvalue weighted by Crippen LogP contribution is 2.29. The van der Waals surface area contributed by atoms with Crippen molar-refractivity contribution >= 4 is 0 Å². The maximum absolute atomic E-state index is 3.33. The van der Waals surface area contributed by atoms with Gasteiger partial charge in [0.1, 0.15) is 0 Å². The van der Waals surface area contributed by atoms with Gasteiger partial charge in [-0.25, -0.2) is 4.57 Å². The topological polar surface area (TPSA) is 7.12 Å². The molecule has 0 aliphatic carbocycles. The first-order valence-corrected chi connectivity index (χ1v) is 8.96. The number of unbranched alkanes of at least 4 members (excludes halogenated alkanes) is 4. The highest BCUT2D eigenvalue weighted by atomic mass is 15.1. The summed E-state index contributed by atoms with van der Waals surface area (Å²) in [5.41, 5.74) is 1.45. The summed E-state index contributed by atoms with van der Waals surface area (Å²) in [4.78, 5) is 2.47. The third-order valence-electron chi connectivity index (χ3n) is 4.56. The van der Waals surface area contributed by atoms with Crippen molar-refractivity contribution in [1.82, 2.24) is 4.90 Å². The van der Waals surface area contributed by atoms with Gasteiger partial charge in [0.15, 0.2) is 18.9 Å². The maximum atomic E-state index is 3.33. The monoisotopic (exact) mass is 299 g/mol. The third-order valence-corrected chi connectivity index (χ3v) is 4.56. The van der Waals surface area contributed by atoms with E-state index in [4.69, 9.17) is 0 Å². The molecule has 2 rings (SSSR count). The second-order valence-electron chi connectivity index (χ2n) is 6.43. The minimum Gasteiger partial charge on any atom is -0.299 e. The van der Waals surface area contributed by atoms with Crippen LogP contribution in [0.1, 0.15) is 69.9 Å². The zero-order valence-electron chi connectivity index (χ0n) is 14.4. The van der Waals surface area contributed by atoms with Crippen LogP contribution in [0.3, 0.4) is 0 Å². The summed E-state index contributed by atoms with van der Waals surface area (Å²) in [7, 11) is 2.24. The molecular formula is C20H31N2+. The Morgan fingerprint density at radius 3 is 2.86 bits per heavy atom. The molecule has 0 saturated carbocycles. The van der Waals surface area contributed by atoms with Gasteiger partial charge in [-0.3, -0.25) is 4.90 Å². The Balaban J connectivity index is 1.75. The molecule has 1 fully saturated rings. The van der Waals surface area contributed by atoms with E-state index in [-0.39, 0.29) is 0 Å². The SMILES string of the molecule is CCCCCCC#CCC[n+]1cccc(C2CCCN2C)c1. The van der Waals surface area contributed by atoms with Gasteiger partial charge in [-0.15, -0.1) is 5.92 Å². The Morgan fingerprint density at radius 2 is 2.09 bits per heavy atom. The number of aromatic nitrogens is 1. The standard InChI is InChI=1S/C20H31N2/c1-3-4-5-6-7-8-9-10-16-22-17-11-13-19(18-22)20-14-12-15-21(20)2/h11,13,17-18,20H,3-7,10,12,14-16H2,1-2H3/q+1. The highest BCUT2D eigenvalue weighted by Gasteiger charge is 2.24. The summed E-state index contributed by atoms with van der Waals surface area (Å²) in [5.74, 6) is 6.65. The summed E-state index contributed by atoms with van der Waals surface area (Å²) < 4.78 is 2.30. The molecular weight excluding hydrogens is 268 g/mol. The van der Waals surface area contributed by atoms with Crippen LogP contribution < -0.4 is 4.57 Å². The molecule has 0 aromatic carbocycles. The molecule has 1 saturated heterocycles. The molecule has 0 bridgehead atoms. The molecule has 0 radical (unpaired) electrons. The normalized spacial score (nSPS) is 18.2. The predicted octanol–water partition coefficient (Wildman–Crippen LogP) is 4.10. The lowest BCUT2D eigenvalue weighted by Crippen LogP contribution is -2.34. The van der Waals surface area contributed by atoms with Crippen molar-refractivity contribution in [2.45, 2.75) is 70.9 Å². The van der Waals surface area contributed by atoms with Crippen molar-refractivity contribution in [3.8, 4) is 11.8 Å². The molecule has 2 nitrogen and oxygen atoms in total. The summed E-state index contributed by atoms with van der Waals surface area (Å²) in [6.07, 6.45) is 14.4. The number of nitrogens with zero attached hydrogens (tertiary/aromatic N) is 2. The van der Waals surface area contributed by atoms with Crippen LogP contribution >= 0.6 is 0 Å². The van der Waals surface area contributed by atoms with Crippen molar-refractivity contribution in [2.24, 2.45) is 0 Å². The summed E-state index contributed by atoms with van der Waals surface area (Å²) in [6.45, 7) is 4.48. The molecule has 1 aliphatic rings. The van der Waals surface area contributed by atoms with Gasteiger partial charge in [0.25, 0.3) is 0 Å². The van der Waals surface area contributed by atoms with E-state index >= 15 is 0 Å². The number of pyridine rings is 1. The number of likely N-dealkylation sites (tertiary alicyclic amines) is 1. The quantitative estimate of drug-likeness (QED) is 0.417. The Kier molecular flexibility index (Phi) is 7.46. The molecule has 1 atom stereocenters. The van der Waals surface area contributed by atoms with Crippen LogP contribution in [0.25, 0.3) is 0 Å². The average molecular weight is 299 g/mol. The van der Waals surface area contributed by atoms with Crippen molar-refractivity contribution in [2.75, 3.05) is 13.6 Å². The van der Waals surface area contributed by atoms with Gasteiger partial charge in [0.05, 0.1) is 6.42 Å². The second kappa shape index (κ2) is 9.64. The maximum Gasteiger partial charge on any atom is 0.173 e. The van der Waals surface area contributed by atoms with Gasteiger partial charge in [-0.05, 0) is 38.9 Å². The number of hydrogen-bond donors (Lipinski definition) is 0. The van der Waals surface area contributed by atoms with Gasteiger partial charge in [0.2, 0.25) is 0 Å². The summed E-state index contributed by atoms with van der Waals surface area (Å²) in [6, 6.07) is 5.05. The Hall–Kier alpha value is -1.33. The van der Waals surface area contributed by atoms with Crippen molar-refractivity contribution in [1.29, 1.82) is 0 Å². The van der Waals surface area contributed by atoms with E-state index in [1.165, 1.54) is 50.6 Å². The fourth-order valence-corrected chi connectivity index (χ4v) is 3.21. The van der Waals surface area contributed by atoms with Crippen molar-refractivity contribution < 1.29 is 4.57 Å². The minimum absolute atomic E-state index is 0.608. The van der Waals surface area contributed by atoms with Crippen LogP contribution in [0.2, 0.25) is 0 Å². The van der Waals surface area contributed by atoms with E-state index in [9.17, 15) is 0 Å². The van der Waals surface area contributed by atoms with Gasteiger partial charge >= 0.3 is 0 Å². The molecule has 1 unspecified atom stereocenters. The number of hydrogen-bond acceptors (Lipinski definition) is 1. The van der Waals surface area contributed by atoms with Crippen LogP contribution in [0.4, 0.5) is 0 Å². The molecule has 0 amide bonds. The Labute approximate surface area is 136 Å². The summed E-state index contributed by atoms with van der Waals surface area (Å²) in [5, 5.41) is 0. The molecule has 22 heavy (non-hydrogen) atoms. The predicted molar refractivity (Wildman–Crippen MR) is 92.4 cm³/mol. The van der Waals surface area contributed by atoms with Crippen LogP contribution in [-0.2, 0) is 6.54 Å². The lowest BCUT2D eigenvalue weighted by molar-refractivity contribution is -0.696. The van der Waals surface area contributed by atoms with Crippen LogP contribution in [0.15, 0.2) is 24.5 Å².